The van der Waals surface area contributed by atoms with Gasteiger partial charge in [-0.05, 0) is 6.42 Å². The van der Waals surface area contributed by atoms with Gasteiger partial charge in [0.05, 0.1) is 18.2 Å². The Kier molecular flexibility index (Phi) is 1.64. The molecule has 1 aliphatic carbocycles. The minimum atomic E-state index is -0.753. The van der Waals surface area contributed by atoms with Gasteiger partial charge in [-0.1, -0.05) is 0 Å². The molecule has 1 saturated carbocycles. The summed E-state index contributed by atoms with van der Waals surface area (Å²) in [6.45, 7) is -0.0386. The van der Waals surface area contributed by atoms with E-state index < -0.39 is 12.2 Å². The van der Waals surface area contributed by atoms with Crippen molar-refractivity contribution in [1.82, 2.24) is 5.32 Å². The predicted octanol–water partition coefficient (Wildman–Crippen LogP) is -1.94. The van der Waals surface area contributed by atoms with E-state index >= 15 is 0 Å². The highest BCUT2D eigenvalue weighted by molar-refractivity contribution is 5.10. The van der Waals surface area contributed by atoms with Crippen LogP contribution in [0.1, 0.15) is 6.42 Å². The Morgan fingerprint density at radius 3 is 2.64 bits per heavy atom. The number of aliphatic hydroxyl groups is 3. The van der Waals surface area contributed by atoms with Gasteiger partial charge in [-0.15, -0.1) is 0 Å². The maximum atomic E-state index is 9.38. The van der Waals surface area contributed by atoms with E-state index in [0.29, 0.717) is 6.04 Å². The Balaban J connectivity index is 2.03. The van der Waals surface area contributed by atoms with Gasteiger partial charge in [-0.2, -0.15) is 0 Å². The highest BCUT2D eigenvalue weighted by atomic mass is 16.3. The number of nitrogens with one attached hydrogen (secondary N) is 1. The maximum Gasteiger partial charge on any atom is 0.0970 e. The van der Waals surface area contributed by atoms with Crippen LogP contribution in [0.3, 0.4) is 0 Å². The largest absolute Gasteiger partial charge is 0.396 e. The van der Waals surface area contributed by atoms with E-state index in [1.165, 1.54) is 0 Å². The van der Waals surface area contributed by atoms with Crippen molar-refractivity contribution in [2.45, 2.75) is 30.7 Å². The Morgan fingerprint density at radius 1 is 1.27 bits per heavy atom. The molecule has 0 aromatic rings. The summed E-state index contributed by atoms with van der Waals surface area (Å²) in [6.07, 6.45) is -0.665. The lowest BCUT2D eigenvalue weighted by atomic mass is 9.85. The summed E-state index contributed by atoms with van der Waals surface area (Å²) in [4.78, 5) is 0. The zero-order valence-electron chi connectivity index (χ0n) is 6.14. The van der Waals surface area contributed by atoms with Gasteiger partial charge in [0.1, 0.15) is 0 Å². The molecule has 0 aromatic carbocycles. The quantitative estimate of drug-likeness (QED) is 0.335. The van der Waals surface area contributed by atoms with Gasteiger partial charge in [-0.3, -0.25) is 0 Å². The highest BCUT2D eigenvalue weighted by Crippen LogP contribution is 2.33. The van der Waals surface area contributed by atoms with Crippen LogP contribution in [0.2, 0.25) is 0 Å². The van der Waals surface area contributed by atoms with E-state index in [-0.39, 0.29) is 18.6 Å². The molecule has 1 saturated heterocycles. The molecule has 11 heavy (non-hydrogen) atoms. The number of hydrogen-bond acceptors (Lipinski definition) is 4. The van der Waals surface area contributed by atoms with Crippen LogP contribution in [0, 0.1) is 5.92 Å². The number of fused-ring (bicyclic) bond motifs is 1. The van der Waals surface area contributed by atoms with Gasteiger partial charge in [0.25, 0.3) is 0 Å². The lowest BCUT2D eigenvalue weighted by Gasteiger charge is -2.28. The summed E-state index contributed by atoms with van der Waals surface area (Å²) in [5.74, 6) is -0.152. The molecule has 1 aliphatic heterocycles. The van der Waals surface area contributed by atoms with E-state index in [1.54, 1.807) is 0 Å². The number of hydrogen-bond donors (Lipinski definition) is 4. The van der Waals surface area contributed by atoms with Crippen LogP contribution in [0.15, 0.2) is 0 Å². The zero-order chi connectivity index (χ0) is 8.01. The fourth-order valence-corrected chi connectivity index (χ4v) is 1.88. The summed E-state index contributed by atoms with van der Waals surface area (Å²) < 4.78 is 0. The summed E-state index contributed by atoms with van der Waals surface area (Å²) in [5, 5.41) is 30.6. The van der Waals surface area contributed by atoms with Gasteiger partial charge < -0.3 is 20.6 Å². The molecule has 2 rings (SSSR count). The lowest BCUT2D eigenvalue weighted by molar-refractivity contribution is -0.0473. The van der Waals surface area contributed by atoms with Crippen LogP contribution in [0.4, 0.5) is 0 Å². The van der Waals surface area contributed by atoms with Crippen molar-refractivity contribution < 1.29 is 15.3 Å². The number of rotatable bonds is 1. The first-order valence-electron chi connectivity index (χ1n) is 3.97. The molecular weight excluding hydrogens is 146 g/mol. The molecule has 1 heterocycles. The average Bonchev–Trinajstić information content (AvgIpc) is 2.75. The van der Waals surface area contributed by atoms with E-state index in [9.17, 15) is 10.2 Å². The van der Waals surface area contributed by atoms with Crippen molar-refractivity contribution in [1.29, 1.82) is 0 Å². The normalized spacial score (nSPS) is 55.4. The van der Waals surface area contributed by atoms with Crippen LogP contribution in [-0.2, 0) is 0 Å². The fraction of sp³-hybridized carbons (Fsp3) is 1.00. The third-order valence-corrected chi connectivity index (χ3v) is 2.72. The van der Waals surface area contributed by atoms with Crippen molar-refractivity contribution in [3.63, 3.8) is 0 Å². The second kappa shape index (κ2) is 2.42. The van der Waals surface area contributed by atoms with Crippen LogP contribution >= 0.6 is 0 Å². The topological polar surface area (TPSA) is 82.6 Å². The van der Waals surface area contributed by atoms with Gasteiger partial charge >= 0.3 is 0 Å². The van der Waals surface area contributed by atoms with Crippen molar-refractivity contribution in [3.05, 3.63) is 0 Å². The molecule has 0 aromatic heterocycles. The predicted molar refractivity (Wildman–Crippen MR) is 37.9 cm³/mol. The number of aliphatic hydroxyl groups excluding tert-OH is 3. The first kappa shape index (κ1) is 7.49. The van der Waals surface area contributed by atoms with E-state index in [4.69, 9.17) is 5.11 Å². The molecule has 4 nitrogen and oxygen atoms in total. The molecule has 0 spiro atoms. The van der Waals surface area contributed by atoms with Gasteiger partial charge in [0.15, 0.2) is 0 Å². The fourth-order valence-electron chi connectivity index (χ4n) is 1.88. The van der Waals surface area contributed by atoms with Gasteiger partial charge in [0, 0.05) is 18.6 Å². The van der Waals surface area contributed by atoms with Crippen molar-refractivity contribution >= 4 is 0 Å². The highest BCUT2D eigenvalue weighted by Gasteiger charge is 2.51. The van der Waals surface area contributed by atoms with Gasteiger partial charge in [-0.25, -0.2) is 0 Å². The van der Waals surface area contributed by atoms with Crippen molar-refractivity contribution in [2.75, 3.05) is 6.61 Å². The van der Waals surface area contributed by atoms with Gasteiger partial charge in [0.2, 0.25) is 0 Å². The standard InChI is InChI=1S/C7H13NO3/c9-2-3-1-4-5(8-4)7(11)6(3)10/h3-11H,1-2H2/t3-,4+,5+,6-,7-/m1/s1. The molecule has 2 fully saturated rings. The molecule has 64 valence electrons. The molecule has 0 radical (unpaired) electrons. The second-order valence-corrected chi connectivity index (χ2v) is 3.46. The monoisotopic (exact) mass is 159 g/mol. The SMILES string of the molecule is OC[C@H]1C[C@@H]2N[C@@H]2[C@@H](O)[C@@H]1O. The zero-order valence-corrected chi connectivity index (χ0v) is 6.14. The minimum absolute atomic E-state index is 0.0386. The molecule has 0 bridgehead atoms. The molecule has 4 heteroatoms. The Bertz CT molecular complexity index is 164. The summed E-state index contributed by atoms with van der Waals surface area (Å²) >= 11 is 0. The Morgan fingerprint density at radius 2 is 2.00 bits per heavy atom. The smallest absolute Gasteiger partial charge is 0.0970 e. The third-order valence-electron chi connectivity index (χ3n) is 2.72. The van der Waals surface area contributed by atoms with E-state index in [2.05, 4.69) is 5.32 Å². The molecular formula is C7H13NO3. The lowest BCUT2D eigenvalue weighted by Crippen LogP contribution is -2.44. The first-order valence-corrected chi connectivity index (χ1v) is 3.97. The summed E-state index contributed by atoms with van der Waals surface area (Å²) in [6, 6.07) is 0.401. The average molecular weight is 159 g/mol. The van der Waals surface area contributed by atoms with Crippen molar-refractivity contribution in [3.8, 4) is 0 Å². The van der Waals surface area contributed by atoms with Crippen LogP contribution in [0.5, 0.6) is 0 Å². The second-order valence-electron chi connectivity index (χ2n) is 3.46. The summed E-state index contributed by atoms with van der Waals surface area (Å²) in [5.41, 5.74) is 0. The Hall–Kier alpha value is -0.160. The van der Waals surface area contributed by atoms with Crippen LogP contribution in [0.25, 0.3) is 0 Å². The minimum Gasteiger partial charge on any atom is -0.396 e. The van der Waals surface area contributed by atoms with E-state index in [0.717, 1.165) is 6.42 Å². The molecule has 4 N–H and O–H groups in total. The van der Waals surface area contributed by atoms with Crippen molar-refractivity contribution in [2.24, 2.45) is 5.92 Å². The van der Waals surface area contributed by atoms with Crippen LogP contribution < -0.4 is 5.32 Å². The molecule has 2 aliphatic rings. The maximum absolute atomic E-state index is 9.38. The Labute approximate surface area is 64.8 Å². The summed E-state index contributed by atoms with van der Waals surface area (Å²) in [7, 11) is 0. The molecule has 5 atom stereocenters. The third kappa shape index (κ3) is 1.06. The van der Waals surface area contributed by atoms with Crippen LogP contribution in [-0.4, -0.2) is 46.2 Å². The van der Waals surface area contributed by atoms with E-state index in [1.807, 2.05) is 0 Å². The molecule has 0 amide bonds. The molecule has 0 unspecified atom stereocenters. The first-order chi connectivity index (χ1) is 5.24.